The van der Waals surface area contributed by atoms with Crippen molar-refractivity contribution in [2.24, 2.45) is 7.05 Å². The van der Waals surface area contributed by atoms with Gasteiger partial charge in [-0.2, -0.15) is 18.8 Å². The molecule has 0 amide bonds. The lowest BCUT2D eigenvalue weighted by atomic mass is 9.86. The Balaban J connectivity index is 2.45. The second kappa shape index (κ2) is 5.16. The molecule has 112 valence electrons. The molecule has 2 rings (SSSR count). The second-order valence-electron chi connectivity index (χ2n) is 5.61. The van der Waals surface area contributed by atoms with Gasteiger partial charge in [-0.3, -0.25) is 9.40 Å². The van der Waals surface area contributed by atoms with Gasteiger partial charge in [-0.15, -0.1) is 11.3 Å². The summed E-state index contributed by atoms with van der Waals surface area (Å²) in [5, 5.41) is 15.4. The van der Waals surface area contributed by atoms with Crippen LogP contribution in [0.15, 0.2) is 22.7 Å². The summed E-state index contributed by atoms with van der Waals surface area (Å²) in [6.45, 7) is 5.94. The standard InChI is InChI=1S/C13H16N4O2S2/c1-13(2,3)10-8-20-12(9(10)7-14)16-21(18,19)11-5-6-15-17(11)4/h5-6,8,16H,1-4H3. The van der Waals surface area contributed by atoms with Gasteiger partial charge in [0.1, 0.15) is 11.1 Å². The van der Waals surface area contributed by atoms with Gasteiger partial charge in [0.15, 0.2) is 5.03 Å². The van der Waals surface area contributed by atoms with Crippen LogP contribution in [0.3, 0.4) is 0 Å². The van der Waals surface area contributed by atoms with E-state index in [1.807, 2.05) is 26.2 Å². The van der Waals surface area contributed by atoms with Crippen LogP contribution in [0.2, 0.25) is 0 Å². The average Bonchev–Trinajstić information content (AvgIpc) is 2.94. The molecular formula is C13H16N4O2S2. The Morgan fingerprint density at radius 3 is 2.57 bits per heavy atom. The quantitative estimate of drug-likeness (QED) is 0.939. The zero-order valence-electron chi connectivity index (χ0n) is 12.2. The van der Waals surface area contributed by atoms with Crippen molar-refractivity contribution in [3.8, 4) is 6.07 Å². The number of nitriles is 1. The molecule has 8 heteroatoms. The first kappa shape index (κ1) is 15.5. The second-order valence-corrected chi connectivity index (χ2v) is 8.12. The number of nitrogens with zero attached hydrogens (tertiary/aromatic N) is 3. The van der Waals surface area contributed by atoms with Crippen LogP contribution in [-0.4, -0.2) is 18.2 Å². The van der Waals surface area contributed by atoms with Gasteiger partial charge in [-0.1, -0.05) is 20.8 Å². The molecule has 0 saturated carbocycles. The molecular weight excluding hydrogens is 308 g/mol. The normalized spacial score (nSPS) is 12.1. The molecule has 1 N–H and O–H groups in total. The molecule has 21 heavy (non-hydrogen) atoms. The monoisotopic (exact) mass is 324 g/mol. The Morgan fingerprint density at radius 1 is 1.43 bits per heavy atom. The van der Waals surface area contributed by atoms with E-state index in [1.165, 1.54) is 28.3 Å². The lowest BCUT2D eigenvalue weighted by Gasteiger charge is -2.17. The highest BCUT2D eigenvalue weighted by Crippen LogP contribution is 2.36. The van der Waals surface area contributed by atoms with Gasteiger partial charge < -0.3 is 0 Å². The first-order valence-corrected chi connectivity index (χ1v) is 8.56. The van der Waals surface area contributed by atoms with E-state index < -0.39 is 10.0 Å². The first-order chi connectivity index (χ1) is 9.66. The number of sulfonamides is 1. The molecule has 0 bridgehead atoms. The number of nitrogens with one attached hydrogen (secondary N) is 1. The van der Waals surface area contributed by atoms with Gasteiger partial charge in [0.25, 0.3) is 10.0 Å². The molecule has 0 aromatic carbocycles. The van der Waals surface area contributed by atoms with Gasteiger partial charge in [0.05, 0.1) is 11.8 Å². The summed E-state index contributed by atoms with van der Waals surface area (Å²) >= 11 is 1.22. The third-order valence-electron chi connectivity index (χ3n) is 2.99. The first-order valence-electron chi connectivity index (χ1n) is 6.19. The van der Waals surface area contributed by atoms with Crippen LogP contribution >= 0.6 is 11.3 Å². The van der Waals surface area contributed by atoms with Crippen LogP contribution in [0.4, 0.5) is 5.00 Å². The highest BCUT2D eigenvalue weighted by atomic mass is 32.2. The van der Waals surface area contributed by atoms with E-state index in [1.54, 1.807) is 7.05 Å². The topological polar surface area (TPSA) is 87.8 Å². The molecule has 0 fully saturated rings. The Hall–Kier alpha value is -1.85. The Kier molecular flexibility index (Phi) is 3.82. The van der Waals surface area contributed by atoms with Crippen molar-refractivity contribution in [2.45, 2.75) is 31.2 Å². The summed E-state index contributed by atoms with van der Waals surface area (Å²) in [6, 6.07) is 3.50. The fraction of sp³-hybridized carbons (Fsp3) is 0.385. The fourth-order valence-electron chi connectivity index (χ4n) is 1.90. The SMILES string of the molecule is Cn1nccc1S(=O)(=O)Nc1scc(C(C)(C)C)c1C#N. The van der Waals surface area contributed by atoms with Gasteiger partial charge in [0.2, 0.25) is 0 Å². The molecule has 0 aliphatic rings. The largest absolute Gasteiger partial charge is 0.279 e. The van der Waals surface area contributed by atoms with Crippen LogP contribution in [0, 0.1) is 11.3 Å². The Bertz CT molecular complexity index is 804. The van der Waals surface area contributed by atoms with Crippen molar-refractivity contribution < 1.29 is 8.42 Å². The highest BCUT2D eigenvalue weighted by molar-refractivity contribution is 7.92. The van der Waals surface area contributed by atoms with Gasteiger partial charge in [-0.25, -0.2) is 0 Å². The molecule has 0 aliphatic heterocycles. The van der Waals surface area contributed by atoms with Crippen molar-refractivity contribution in [1.82, 2.24) is 9.78 Å². The van der Waals surface area contributed by atoms with E-state index in [9.17, 15) is 13.7 Å². The molecule has 0 atom stereocenters. The van der Waals surface area contributed by atoms with Crippen molar-refractivity contribution >= 4 is 26.4 Å². The maximum atomic E-state index is 12.3. The Labute approximate surface area is 128 Å². The Morgan fingerprint density at radius 2 is 2.10 bits per heavy atom. The third kappa shape index (κ3) is 2.94. The average molecular weight is 324 g/mol. The van der Waals surface area contributed by atoms with Crippen LogP contribution in [0.25, 0.3) is 0 Å². The molecule has 2 aromatic heterocycles. The number of aromatic nitrogens is 2. The van der Waals surface area contributed by atoms with Crippen LogP contribution in [0.1, 0.15) is 31.9 Å². The number of aryl methyl sites for hydroxylation is 1. The van der Waals surface area contributed by atoms with E-state index in [-0.39, 0.29) is 10.4 Å². The van der Waals surface area contributed by atoms with E-state index in [2.05, 4.69) is 15.9 Å². The molecule has 2 aromatic rings. The predicted octanol–water partition coefficient (Wildman–Crippen LogP) is 2.45. The zero-order chi connectivity index (χ0) is 15.8. The summed E-state index contributed by atoms with van der Waals surface area (Å²) < 4.78 is 28.4. The lowest BCUT2D eigenvalue weighted by Crippen LogP contribution is -2.17. The van der Waals surface area contributed by atoms with Crippen LogP contribution < -0.4 is 4.72 Å². The minimum atomic E-state index is -3.76. The van der Waals surface area contributed by atoms with Crippen molar-refractivity contribution in [2.75, 3.05) is 4.72 Å². The predicted molar refractivity (Wildman–Crippen MR) is 81.8 cm³/mol. The van der Waals surface area contributed by atoms with Gasteiger partial charge >= 0.3 is 0 Å². The summed E-state index contributed by atoms with van der Waals surface area (Å²) in [5.74, 6) is 0. The number of hydrogen-bond acceptors (Lipinski definition) is 5. The van der Waals surface area contributed by atoms with E-state index in [4.69, 9.17) is 0 Å². The summed E-state index contributed by atoms with van der Waals surface area (Å²) in [4.78, 5) is 0. The minimum Gasteiger partial charge on any atom is -0.268 e. The molecule has 0 spiro atoms. The van der Waals surface area contributed by atoms with Crippen molar-refractivity contribution in [1.29, 1.82) is 5.26 Å². The van der Waals surface area contributed by atoms with E-state index in [0.29, 0.717) is 10.6 Å². The molecule has 2 heterocycles. The van der Waals surface area contributed by atoms with E-state index in [0.717, 1.165) is 5.56 Å². The van der Waals surface area contributed by atoms with Gasteiger partial charge in [-0.05, 0) is 22.4 Å². The zero-order valence-corrected chi connectivity index (χ0v) is 13.8. The smallest absolute Gasteiger partial charge is 0.268 e. The van der Waals surface area contributed by atoms with Crippen molar-refractivity contribution in [3.05, 3.63) is 28.8 Å². The number of rotatable bonds is 3. The molecule has 0 aliphatic carbocycles. The van der Waals surface area contributed by atoms with Crippen LogP contribution in [0.5, 0.6) is 0 Å². The number of hydrogen-bond donors (Lipinski definition) is 1. The fourth-order valence-corrected chi connectivity index (χ4v) is 4.48. The lowest BCUT2D eigenvalue weighted by molar-refractivity contribution is 0.581. The number of thiophene rings is 1. The highest BCUT2D eigenvalue weighted by Gasteiger charge is 2.26. The number of anilines is 1. The molecule has 0 radical (unpaired) electrons. The third-order valence-corrected chi connectivity index (χ3v) is 5.44. The molecule has 0 saturated heterocycles. The summed E-state index contributed by atoms with van der Waals surface area (Å²) in [7, 11) is -2.21. The minimum absolute atomic E-state index is 0.0529. The summed E-state index contributed by atoms with van der Waals surface area (Å²) in [6.07, 6.45) is 1.41. The molecule has 6 nitrogen and oxygen atoms in total. The maximum absolute atomic E-state index is 12.3. The molecule has 0 unspecified atom stereocenters. The van der Waals surface area contributed by atoms with E-state index >= 15 is 0 Å². The van der Waals surface area contributed by atoms with Gasteiger partial charge in [0, 0.05) is 7.05 Å². The van der Waals surface area contributed by atoms with Crippen molar-refractivity contribution in [3.63, 3.8) is 0 Å². The van der Waals surface area contributed by atoms with Crippen LogP contribution in [-0.2, 0) is 22.5 Å². The maximum Gasteiger partial charge on any atom is 0.279 e. The summed E-state index contributed by atoms with van der Waals surface area (Å²) in [5.41, 5.74) is 0.980.